The lowest BCUT2D eigenvalue weighted by Gasteiger charge is -2.54. The number of hydrogen-bond acceptors (Lipinski definition) is 3. The first-order valence-electron chi connectivity index (χ1n) is 8.51. The Hall–Kier alpha value is -1.90. The van der Waals surface area contributed by atoms with Crippen molar-refractivity contribution in [2.24, 2.45) is 16.2 Å². The first kappa shape index (κ1) is 18.4. The van der Waals surface area contributed by atoms with E-state index in [0.717, 1.165) is 12.0 Å². The zero-order chi connectivity index (χ0) is 18.5. The van der Waals surface area contributed by atoms with Crippen molar-refractivity contribution in [1.82, 2.24) is 0 Å². The van der Waals surface area contributed by atoms with Crippen molar-refractivity contribution in [2.45, 2.75) is 54.9 Å². The summed E-state index contributed by atoms with van der Waals surface area (Å²) >= 11 is 0. The van der Waals surface area contributed by atoms with E-state index in [9.17, 15) is 14.7 Å². The van der Waals surface area contributed by atoms with E-state index in [2.05, 4.69) is 0 Å². The molecule has 0 heterocycles. The molecule has 0 spiro atoms. The second-order valence-electron chi connectivity index (χ2n) is 8.31. The van der Waals surface area contributed by atoms with Crippen LogP contribution >= 0.6 is 0 Å². The zero-order valence-electron chi connectivity index (χ0n) is 15.8. The lowest BCUT2D eigenvalue weighted by molar-refractivity contribution is -0.153. The van der Waals surface area contributed by atoms with Gasteiger partial charge in [-0.3, -0.25) is 9.59 Å². The Labute approximate surface area is 144 Å². The van der Waals surface area contributed by atoms with Gasteiger partial charge < -0.3 is 5.11 Å². The molecule has 0 unspecified atom stereocenters. The number of aliphatic hydroxyl groups is 1. The van der Waals surface area contributed by atoms with E-state index in [-0.39, 0.29) is 22.9 Å². The number of hydrogen-bond donors (Lipinski definition) is 1. The molecule has 0 saturated heterocycles. The average Bonchev–Trinajstić information content (AvgIpc) is 2.53. The van der Waals surface area contributed by atoms with Gasteiger partial charge >= 0.3 is 0 Å². The Morgan fingerprint density at radius 1 is 0.958 bits per heavy atom. The molecule has 130 valence electrons. The van der Waals surface area contributed by atoms with Crippen LogP contribution in [0.25, 0.3) is 5.76 Å². The summed E-state index contributed by atoms with van der Waals surface area (Å²) in [5, 5.41) is 10.8. The van der Waals surface area contributed by atoms with E-state index in [0.29, 0.717) is 5.56 Å². The molecule has 1 saturated carbocycles. The number of rotatable bonds is 2. The van der Waals surface area contributed by atoms with Crippen LogP contribution in [0.4, 0.5) is 0 Å². The van der Waals surface area contributed by atoms with Crippen LogP contribution in [0.1, 0.15) is 59.6 Å². The fraction of sp³-hybridized carbons (Fsp3) is 0.524. The van der Waals surface area contributed by atoms with Crippen molar-refractivity contribution in [1.29, 1.82) is 0 Å². The van der Waals surface area contributed by atoms with Gasteiger partial charge in [0.25, 0.3) is 0 Å². The molecule has 3 heteroatoms. The Morgan fingerprint density at radius 3 is 1.92 bits per heavy atom. The van der Waals surface area contributed by atoms with Crippen molar-refractivity contribution in [3.63, 3.8) is 0 Å². The minimum absolute atomic E-state index is 0.0578. The van der Waals surface area contributed by atoms with Gasteiger partial charge in [-0.15, -0.1) is 0 Å². The van der Waals surface area contributed by atoms with Crippen LogP contribution in [-0.2, 0) is 16.0 Å². The number of carbonyl (C=O) groups excluding carboxylic acids is 2. The van der Waals surface area contributed by atoms with Gasteiger partial charge in [0.05, 0.1) is 0 Å². The van der Waals surface area contributed by atoms with E-state index in [1.807, 2.05) is 66.7 Å². The summed E-state index contributed by atoms with van der Waals surface area (Å²) in [6.07, 6.45) is 0.822. The molecule has 0 aliphatic heterocycles. The fourth-order valence-electron chi connectivity index (χ4n) is 3.37. The van der Waals surface area contributed by atoms with Crippen LogP contribution in [0.2, 0.25) is 0 Å². The summed E-state index contributed by atoms with van der Waals surface area (Å²) in [5.41, 5.74) is -0.515. The Bertz CT molecular complexity index is 701. The molecule has 0 amide bonds. The molecule has 1 fully saturated rings. The highest BCUT2D eigenvalue weighted by Gasteiger charge is 2.61. The molecular weight excluding hydrogens is 300 g/mol. The van der Waals surface area contributed by atoms with Gasteiger partial charge in [-0.25, -0.2) is 0 Å². The summed E-state index contributed by atoms with van der Waals surface area (Å²) in [6, 6.07) is 7.37. The highest BCUT2D eigenvalue weighted by molar-refractivity contribution is 6.29. The van der Waals surface area contributed by atoms with Crippen molar-refractivity contribution in [2.75, 3.05) is 0 Å². The molecule has 1 aromatic rings. The van der Waals surface area contributed by atoms with Crippen molar-refractivity contribution in [3.8, 4) is 0 Å². The fourth-order valence-corrected chi connectivity index (χ4v) is 3.37. The van der Waals surface area contributed by atoms with Crippen LogP contribution in [0.3, 0.4) is 0 Å². The number of aryl methyl sites for hydroxylation is 1. The quantitative estimate of drug-likeness (QED) is 0.484. The maximum atomic E-state index is 13.1. The number of aliphatic hydroxyl groups excluding tert-OH is 1. The lowest BCUT2D eigenvalue weighted by Crippen LogP contribution is -2.58. The van der Waals surface area contributed by atoms with E-state index in [1.54, 1.807) is 6.07 Å². The number of carbonyl (C=O) groups is 2. The van der Waals surface area contributed by atoms with Gasteiger partial charge in [0.15, 0.2) is 11.6 Å². The number of ketones is 2. The third-order valence-electron chi connectivity index (χ3n) is 6.56. The van der Waals surface area contributed by atoms with Gasteiger partial charge in [0, 0.05) is 16.4 Å². The topological polar surface area (TPSA) is 54.4 Å². The SMILES string of the molecule is CCc1cccc(C(O)=C2C(=O)C(C)(C)C(C)(C)C(C)(C)C2=O)c1. The summed E-state index contributed by atoms with van der Waals surface area (Å²) in [5.74, 6) is -0.760. The second kappa shape index (κ2) is 5.58. The number of Topliss-reactive ketones (excluding diaryl/α,β-unsaturated/α-hetero) is 2. The Morgan fingerprint density at radius 2 is 1.46 bits per heavy atom. The lowest BCUT2D eigenvalue weighted by atomic mass is 9.47. The third kappa shape index (κ3) is 2.33. The Kier molecular flexibility index (Phi) is 4.28. The highest BCUT2D eigenvalue weighted by atomic mass is 16.3. The average molecular weight is 328 g/mol. The Balaban J connectivity index is 2.72. The summed E-state index contributed by atoms with van der Waals surface area (Å²) in [7, 11) is 0. The van der Waals surface area contributed by atoms with Crippen molar-refractivity contribution >= 4 is 17.3 Å². The molecule has 3 nitrogen and oxygen atoms in total. The standard InChI is InChI=1S/C21H28O3/c1-8-13-10-9-11-14(12-13)16(22)15-17(23)19(2,3)21(6,7)20(4,5)18(15)24/h9-12,22H,8H2,1-7H3. The molecule has 1 N–H and O–H groups in total. The first-order chi connectivity index (χ1) is 10.9. The molecule has 2 rings (SSSR count). The molecule has 1 aliphatic rings. The molecule has 0 aromatic heterocycles. The summed E-state index contributed by atoms with van der Waals surface area (Å²) in [4.78, 5) is 26.2. The molecule has 1 aromatic carbocycles. The van der Waals surface area contributed by atoms with Crippen LogP contribution in [0.5, 0.6) is 0 Å². The molecule has 24 heavy (non-hydrogen) atoms. The third-order valence-corrected chi connectivity index (χ3v) is 6.56. The monoisotopic (exact) mass is 328 g/mol. The van der Waals surface area contributed by atoms with Crippen LogP contribution in [0.15, 0.2) is 29.8 Å². The minimum Gasteiger partial charge on any atom is -0.506 e. The van der Waals surface area contributed by atoms with Crippen molar-refractivity contribution in [3.05, 3.63) is 41.0 Å². The first-order valence-corrected chi connectivity index (χ1v) is 8.51. The van der Waals surface area contributed by atoms with E-state index < -0.39 is 16.2 Å². The molecule has 0 radical (unpaired) electrons. The smallest absolute Gasteiger partial charge is 0.176 e. The van der Waals surface area contributed by atoms with Crippen molar-refractivity contribution < 1.29 is 14.7 Å². The van der Waals surface area contributed by atoms with E-state index >= 15 is 0 Å². The van der Waals surface area contributed by atoms with Gasteiger partial charge in [-0.05, 0) is 23.5 Å². The van der Waals surface area contributed by atoms with Gasteiger partial charge in [-0.1, -0.05) is 66.7 Å². The predicted octanol–water partition coefficient (Wildman–Crippen LogP) is 4.75. The van der Waals surface area contributed by atoms with E-state index in [4.69, 9.17) is 0 Å². The van der Waals surface area contributed by atoms with Gasteiger partial charge in [-0.2, -0.15) is 0 Å². The summed E-state index contributed by atoms with van der Waals surface area (Å²) < 4.78 is 0. The molecule has 0 bridgehead atoms. The number of allylic oxidation sites excluding steroid dienone is 1. The second-order valence-corrected chi connectivity index (χ2v) is 8.31. The highest BCUT2D eigenvalue weighted by Crippen LogP contribution is 2.58. The van der Waals surface area contributed by atoms with E-state index in [1.165, 1.54) is 0 Å². The largest absolute Gasteiger partial charge is 0.506 e. The summed E-state index contributed by atoms with van der Waals surface area (Å²) in [6.45, 7) is 13.4. The molecular formula is C21H28O3. The van der Waals surface area contributed by atoms with Crippen LogP contribution in [0, 0.1) is 16.2 Å². The van der Waals surface area contributed by atoms with Crippen LogP contribution < -0.4 is 0 Å². The zero-order valence-corrected chi connectivity index (χ0v) is 15.8. The number of benzene rings is 1. The maximum absolute atomic E-state index is 13.1. The van der Waals surface area contributed by atoms with Gasteiger partial charge in [0.1, 0.15) is 11.3 Å². The maximum Gasteiger partial charge on any atom is 0.176 e. The van der Waals surface area contributed by atoms with Crippen LogP contribution in [-0.4, -0.2) is 16.7 Å². The molecule has 1 aliphatic carbocycles. The normalized spacial score (nSPS) is 21.7. The van der Waals surface area contributed by atoms with Gasteiger partial charge in [0.2, 0.25) is 0 Å². The predicted molar refractivity (Wildman–Crippen MR) is 96.7 cm³/mol. The molecule has 0 atom stereocenters. The minimum atomic E-state index is -0.754.